The molecular formula is C13H11FO3S. The number of carboxylic acids is 1. The molecule has 0 bridgehead atoms. The standard InChI is InChI=1S/C13H11FO3S/c1-7-6-8(2-3-10(7)14)11(15)12-9(13(16)17)4-5-18-12/h2-6,11,15H,1H3,(H,16,17). The van der Waals surface area contributed by atoms with Crippen molar-refractivity contribution in [2.24, 2.45) is 0 Å². The van der Waals surface area contributed by atoms with Crippen LogP contribution in [0.1, 0.15) is 32.5 Å². The lowest BCUT2D eigenvalue weighted by Crippen LogP contribution is -2.05. The van der Waals surface area contributed by atoms with Crippen molar-refractivity contribution in [3.63, 3.8) is 0 Å². The summed E-state index contributed by atoms with van der Waals surface area (Å²) in [4.78, 5) is 11.3. The highest BCUT2D eigenvalue weighted by Gasteiger charge is 2.20. The number of carboxylic acid groups (broad SMARTS) is 1. The first-order valence-electron chi connectivity index (χ1n) is 5.25. The number of carbonyl (C=O) groups is 1. The van der Waals surface area contributed by atoms with Crippen LogP contribution < -0.4 is 0 Å². The minimum absolute atomic E-state index is 0.0782. The van der Waals surface area contributed by atoms with Crippen molar-refractivity contribution in [2.75, 3.05) is 0 Å². The summed E-state index contributed by atoms with van der Waals surface area (Å²) >= 11 is 1.17. The minimum atomic E-state index is -1.08. The Morgan fingerprint density at radius 2 is 2.11 bits per heavy atom. The molecule has 0 radical (unpaired) electrons. The maximum atomic E-state index is 13.1. The highest BCUT2D eigenvalue weighted by atomic mass is 32.1. The second kappa shape index (κ2) is 4.88. The SMILES string of the molecule is Cc1cc(C(O)c2sccc2C(=O)O)ccc1F. The van der Waals surface area contributed by atoms with Gasteiger partial charge in [0.2, 0.25) is 0 Å². The van der Waals surface area contributed by atoms with Gasteiger partial charge in [0, 0.05) is 0 Å². The number of hydrogen-bond donors (Lipinski definition) is 2. The molecule has 18 heavy (non-hydrogen) atoms. The molecule has 94 valence electrons. The number of halogens is 1. The Balaban J connectivity index is 2.41. The van der Waals surface area contributed by atoms with E-state index in [2.05, 4.69) is 0 Å². The van der Waals surface area contributed by atoms with Crippen molar-refractivity contribution in [2.45, 2.75) is 13.0 Å². The van der Waals surface area contributed by atoms with Crippen molar-refractivity contribution in [3.05, 3.63) is 57.0 Å². The van der Waals surface area contributed by atoms with Crippen LogP contribution >= 0.6 is 11.3 Å². The highest BCUT2D eigenvalue weighted by Crippen LogP contribution is 2.30. The molecule has 0 spiro atoms. The number of aliphatic hydroxyl groups excluding tert-OH is 1. The zero-order valence-electron chi connectivity index (χ0n) is 9.55. The molecule has 1 aromatic carbocycles. The Hall–Kier alpha value is -1.72. The first-order chi connectivity index (χ1) is 8.50. The van der Waals surface area contributed by atoms with E-state index in [1.807, 2.05) is 0 Å². The van der Waals surface area contributed by atoms with E-state index in [0.29, 0.717) is 16.0 Å². The van der Waals surface area contributed by atoms with Gasteiger partial charge in [0.05, 0.1) is 10.4 Å². The fourth-order valence-electron chi connectivity index (χ4n) is 1.70. The quantitative estimate of drug-likeness (QED) is 0.898. The summed E-state index contributed by atoms with van der Waals surface area (Å²) in [6, 6.07) is 5.69. The van der Waals surface area contributed by atoms with Crippen molar-refractivity contribution in [1.29, 1.82) is 0 Å². The normalized spacial score (nSPS) is 12.4. The van der Waals surface area contributed by atoms with Gasteiger partial charge < -0.3 is 10.2 Å². The topological polar surface area (TPSA) is 57.5 Å². The number of benzene rings is 1. The van der Waals surface area contributed by atoms with E-state index in [9.17, 15) is 14.3 Å². The third-order valence-corrected chi connectivity index (χ3v) is 3.64. The van der Waals surface area contributed by atoms with Gasteiger partial charge in [-0.05, 0) is 35.6 Å². The molecule has 2 rings (SSSR count). The molecule has 0 aliphatic carbocycles. The Bertz CT molecular complexity index is 592. The Kier molecular flexibility index (Phi) is 3.45. The van der Waals surface area contributed by atoms with E-state index in [4.69, 9.17) is 5.11 Å². The van der Waals surface area contributed by atoms with E-state index in [1.165, 1.54) is 35.6 Å². The van der Waals surface area contributed by atoms with Crippen molar-refractivity contribution >= 4 is 17.3 Å². The predicted octanol–water partition coefficient (Wildman–Crippen LogP) is 2.98. The molecule has 2 aromatic rings. The first-order valence-corrected chi connectivity index (χ1v) is 6.13. The third kappa shape index (κ3) is 2.27. The van der Waals surface area contributed by atoms with Crippen LogP contribution in [0, 0.1) is 12.7 Å². The van der Waals surface area contributed by atoms with Crippen LogP contribution in [-0.4, -0.2) is 16.2 Å². The number of rotatable bonds is 3. The first kappa shape index (κ1) is 12.7. The van der Waals surface area contributed by atoms with Crippen LogP contribution in [0.15, 0.2) is 29.6 Å². The lowest BCUT2D eigenvalue weighted by molar-refractivity contribution is 0.0692. The zero-order valence-corrected chi connectivity index (χ0v) is 10.4. The summed E-state index contributed by atoms with van der Waals surface area (Å²) in [5, 5.41) is 20.7. The van der Waals surface area contributed by atoms with E-state index in [0.717, 1.165) is 0 Å². The van der Waals surface area contributed by atoms with Crippen LogP contribution in [0.3, 0.4) is 0 Å². The lowest BCUT2D eigenvalue weighted by atomic mass is 10.0. The van der Waals surface area contributed by atoms with Gasteiger partial charge in [-0.3, -0.25) is 0 Å². The largest absolute Gasteiger partial charge is 0.478 e. The van der Waals surface area contributed by atoms with Gasteiger partial charge in [0.15, 0.2) is 0 Å². The molecule has 0 saturated heterocycles. The maximum absolute atomic E-state index is 13.1. The van der Waals surface area contributed by atoms with E-state index in [-0.39, 0.29) is 11.4 Å². The zero-order chi connectivity index (χ0) is 13.3. The molecule has 1 aromatic heterocycles. The number of aromatic carboxylic acids is 1. The summed E-state index contributed by atoms with van der Waals surface area (Å²) in [6.45, 7) is 1.60. The average Bonchev–Trinajstić information content (AvgIpc) is 2.81. The number of thiophene rings is 1. The number of hydrogen-bond acceptors (Lipinski definition) is 3. The van der Waals surface area contributed by atoms with Gasteiger partial charge in [-0.1, -0.05) is 12.1 Å². The number of aliphatic hydroxyl groups is 1. The van der Waals surface area contributed by atoms with Crippen molar-refractivity contribution < 1.29 is 19.4 Å². The maximum Gasteiger partial charge on any atom is 0.336 e. The molecule has 2 N–H and O–H groups in total. The minimum Gasteiger partial charge on any atom is -0.478 e. The summed E-state index contributed by atoms with van der Waals surface area (Å²) in [5.41, 5.74) is 0.980. The third-order valence-electron chi connectivity index (χ3n) is 2.67. The molecule has 0 fully saturated rings. The van der Waals surface area contributed by atoms with E-state index >= 15 is 0 Å². The number of aryl methyl sites for hydroxylation is 1. The summed E-state index contributed by atoms with van der Waals surface area (Å²) < 4.78 is 13.1. The van der Waals surface area contributed by atoms with Gasteiger partial charge in [-0.25, -0.2) is 9.18 Å². The molecular weight excluding hydrogens is 255 g/mol. The average molecular weight is 266 g/mol. The van der Waals surface area contributed by atoms with Gasteiger partial charge >= 0.3 is 5.97 Å². The summed E-state index contributed by atoms with van der Waals surface area (Å²) in [7, 11) is 0. The highest BCUT2D eigenvalue weighted by molar-refractivity contribution is 7.10. The lowest BCUT2D eigenvalue weighted by Gasteiger charge is -2.11. The van der Waals surface area contributed by atoms with Crippen LogP contribution in [0.25, 0.3) is 0 Å². The monoisotopic (exact) mass is 266 g/mol. The summed E-state index contributed by atoms with van der Waals surface area (Å²) in [5.74, 6) is -1.43. The van der Waals surface area contributed by atoms with Gasteiger partial charge in [-0.2, -0.15) is 0 Å². The molecule has 0 aliphatic heterocycles. The van der Waals surface area contributed by atoms with Crippen LogP contribution in [0.2, 0.25) is 0 Å². The molecule has 3 nitrogen and oxygen atoms in total. The molecule has 0 saturated carbocycles. The summed E-state index contributed by atoms with van der Waals surface area (Å²) in [6.07, 6.45) is -1.05. The second-order valence-corrected chi connectivity index (χ2v) is 4.86. The Morgan fingerprint density at radius 3 is 2.72 bits per heavy atom. The second-order valence-electron chi connectivity index (χ2n) is 3.91. The molecule has 0 aliphatic rings. The van der Waals surface area contributed by atoms with Crippen molar-refractivity contribution in [1.82, 2.24) is 0 Å². The fourth-order valence-corrected chi connectivity index (χ4v) is 2.60. The van der Waals surface area contributed by atoms with Crippen LogP contribution in [0.5, 0.6) is 0 Å². The Morgan fingerprint density at radius 1 is 1.39 bits per heavy atom. The van der Waals surface area contributed by atoms with E-state index < -0.39 is 12.1 Å². The van der Waals surface area contributed by atoms with Crippen molar-refractivity contribution in [3.8, 4) is 0 Å². The van der Waals surface area contributed by atoms with Gasteiger partial charge in [-0.15, -0.1) is 11.3 Å². The van der Waals surface area contributed by atoms with Crippen LogP contribution in [-0.2, 0) is 0 Å². The van der Waals surface area contributed by atoms with Gasteiger partial charge in [0.1, 0.15) is 11.9 Å². The molecule has 1 unspecified atom stereocenters. The van der Waals surface area contributed by atoms with Crippen LogP contribution in [0.4, 0.5) is 4.39 Å². The predicted molar refractivity (Wildman–Crippen MR) is 66.5 cm³/mol. The molecule has 1 atom stereocenters. The molecule has 0 amide bonds. The smallest absolute Gasteiger partial charge is 0.336 e. The van der Waals surface area contributed by atoms with E-state index in [1.54, 1.807) is 12.3 Å². The molecule has 5 heteroatoms. The van der Waals surface area contributed by atoms with Gasteiger partial charge in [0.25, 0.3) is 0 Å². The molecule has 1 heterocycles. The fraction of sp³-hybridized carbons (Fsp3) is 0.154. The Labute approximate surface area is 107 Å².